The standard InChI is InChI=1S/C56H84O21/c1-27-44(59)49(68-11)45(60)51(72-27)77-48-30(4)71-43(25-38(48)67-10)76-47-29(3)70-42(24-37(47)66-9)75-46-28(2)69-41(23-36(46)65-8)73-33-17-18-52(6)32(22-33)16-19-55(63)39(52)26-40(74-50(61)34-14-12-13-15-35(34)58)53(7)54(62,31(5)57)20-21-56(53,55)64/h12-16,27-30,33,36-49,51,58-60,62-64H,17-26H2,1-11H3. The lowest BCUT2D eigenvalue weighted by Gasteiger charge is -2.67. The van der Waals surface area contributed by atoms with Crippen LogP contribution >= 0.6 is 0 Å². The maximum atomic E-state index is 13.8. The molecule has 9 rings (SSSR count). The summed E-state index contributed by atoms with van der Waals surface area (Å²) in [6.07, 6.45) is -8.69. The molecule has 21 heteroatoms. The molecule has 4 aliphatic carbocycles. The summed E-state index contributed by atoms with van der Waals surface area (Å²) in [6, 6.07) is 5.95. The van der Waals surface area contributed by atoms with Crippen molar-refractivity contribution in [1.29, 1.82) is 0 Å². The van der Waals surface area contributed by atoms with E-state index in [1.807, 2.05) is 26.8 Å². The van der Waals surface area contributed by atoms with E-state index in [0.29, 0.717) is 32.1 Å². The van der Waals surface area contributed by atoms with Crippen LogP contribution in [0.3, 0.4) is 0 Å². The monoisotopic (exact) mass is 1090 g/mol. The Kier molecular flexibility index (Phi) is 17.2. The summed E-state index contributed by atoms with van der Waals surface area (Å²) < 4.78 is 80.9. The number of ketones is 1. The third-order valence-corrected chi connectivity index (χ3v) is 19.6. The number of phenolic OH excluding ortho intramolecular Hbond substituents is 1. The van der Waals surface area contributed by atoms with Crippen molar-refractivity contribution in [3.8, 4) is 5.75 Å². The van der Waals surface area contributed by atoms with E-state index in [0.717, 1.165) is 5.57 Å². The number of aromatic hydroxyl groups is 1. The van der Waals surface area contributed by atoms with Crippen molar-refractivity contribution in [2.45, 2.75) is 246 Å². The van der Waals surface area contributed by atoms with Gasteiger partial charge in [-0.15, -0.1) is 0 Å². The molecule has 8 aliphatic rings. The highest BCUT2D eigenvalue weighted by Gasteiger charge is 2.81. The first-order valence-electron chi connectivity index (χ1n) is 27.5. The molecule has 0 bridgehead atoms. The van der Waals surface area contributed by atoms with Gasteiger partial charge in [-0.1, -0.05) is 30.7 Å². The number of aliphatic hydroxyl groups is 5. The molecule has 0 aromatic heterocycles. The minimum Gasteiger partial charge on any atom is -0.507 e. The van der Waals surface area contributed by atoms with Gasteiger partial charge in [-0.25, -0.2) is 4.79 Å². The average molecular weight is 1090 g/mol. The Balaban J connectivity index is 0.814. The number of phenols is 1. The largest absolute Gasteiger partial charge is 0.507 e. The van der Waals surface area contributed by atoms with E-state index in [4.69, 9.17) is 61.6 Å². The number of aliphatic hydroxyl groups excluding tert-OH is 2. The quantitative estimate of drug-likeness (QED) is 0.108. The number of para-hydroxylation sites is 1. The van der Waals surface area contributed by atoms with Crippen LogP contribution in [0.4, 0.5) is 0 Å². The lowest BCUT2D eigenvalue weighted by molar-refractivity contribution is -0.356. The summed E-state index contributed by atoms with van der Waals surface area (Å²) in [5.74, 6) is -2.41. The summed E-state index contributed by atoms with van der Waals surface area (Å²) in [7, 11) is 6.21. The Labute approximate surface area is 451 Å². The van der Waals surface area contributed by atoms with Gasteiger partial charge in [0.05, 0.1) is 54.2 Å². The zero-order valence-electron chi connectivity index (χ0n) is 46.3. The molecule has 0 amide bonds. The first kappa shape index (κ1) is 58.9. The molecular formula is C56H84O21. The Morgan fingerprint density at radius 2 is 1.19 bits per heavy atom. The Bertz CT molecular complexity index is 2290. The lowest BCUT2D eigenvalue weighted by Crippen LogP contribution is -2.78. The normalized spacial score (nSPS) is 49.0. The van der Waals surface area contributed by atoms with E-state index < -0.39 is 156 Å². The minimum atomic E-state index is -2.11. The van der Waals surface area contributed by atoms with Crippen molar-refractivity contribution in [2.24, 2.45) is 16.7 Å². The molecule has 3 saturated carbocycles. The van der Waals surface area contributed by atoms with Crippen molar-refractivity contribution >= 4 is 11.8 Å². The number of ether oxygens (including phenoxy) is 13. The van der Waals surface area contributed by atoms with E-state index in [1.54, 1.807) is 40.4 Å². The van der Waals surface area contributed by atoms with Crippen molar-refractivity contribution in [3.63, 3.8) is 0 Å². The van der Waals surface area contributed by atoms with E-state index in [-0.39, 0.29) is 49.5 Å². The van der Waals surface area contributed by atoms with Crippen molar-refractivity contribution in [1.82, 2.24) is 0 Å². The van der Waals surface area contributed by atoms with Gasteiger partial charge >= 0.3 is 5.97 Å². The van der Waals surface area contributed by atoms with Gasteiger partial charge in [0, 0.05) is 53.6 Å². The molecule has 1 aromatic rings. The molecule has 25 unspecified atom stereocenters. The first-order chi connectivity index (χ1) is 36.4. The van der Waals surface area contributed by atoms with Crippen LogP contribution < -0.4 is 0 Å². The number of hydrogen-bond donors (Lipinski definition) is 6. The number of fused-ring (bicyclic) bond motifs is 5. The van der Waals surface area contributed by atoms with Crippen LogP contribution in [0.1, 0.15) is 123 Å². The third-order valence-electron chi connectivity index (χ3n) is 19.6. The fraction of sp³-hybridized carbons (Fsp3) is 0.821. The summed E-state index contributed by atoms with van der Waals surface area (Å²) in [5.41, 5.74) is -7.50. The van der Waals surface area contributed by atoms with Gasteiger partial charge in [0.2, 0.25) is 0 Å². The van der Waals surface area contributed by atoms with Gasteiger partial charge in [0.15, 0.2) is 30.9 Å². The number of hydrogen-bond acceptors (Lipinski definition) is 21. The van der Waals surface area contributed by atoms with Gasteiger partial charge in [0.1, 0.15) is 70.8 Å². The highest BCUT2D eigenvalue weighted by Crippen LogP contribution is 2.71. The Morgan fingerprint density at radius 1 is 0.649 bits per heavy atom. The predicted octanol–water partition coefficient (Wildman–Crippen LogP) is 3.51. The van der Waals surface area contributed by atoms with Gasteiger partial charge < -0.3 is 92.2 Å². The Hall–Kier alpha value is -2.78. The second-order valence-electron chi connectivity index (χ2n) is 23.5. The first-order valence-corrected chi connectivity index (χ1v) is 27.5. The van der Waals surface area contributed by atoms with Gasteiger partial charge in [-0.2, -0.15) is 0 Å². The maximum absolute atomic E-state index is 13.8. The van der Waals surface area contributed by atoms with Crippen molar-refractivity contribution in [2.75, 3.05) is 28.4 Å². The predicted molar refractivity (Wildman–Crippen MR) is 269 cm³/mol. The number of carbonyl (C=O) groups is 2. The average Bonchev–Trinajstić information content (AvgIpc) is 3.95. The Morgan fingerprint density at radius 3 is 1.73 bits per heavy atom. The number of Topliss-reactive ketones (excluding diaryl/α,β-unsaturated/α-hetero) is 1. The molecule has 4 aliphatic heterocycles. The summed E-state index contributed by atoms with van der Waals surface area (Å²) in [5, 5.41) is 70.0. The number of esters is 1. The molecule has 1 aromatic carbocycles. The summed E-state index contributed by atoms with van der Waals surface area (Å²) in [4.78, 5) is 27.1. The number of rotatable bonds is 15. The van der Waals surface area contributed by atoms with E-state index in [9.17, 15) is 40.2 Å². The molecular weight excluding hydrogens is 1010 g/mol. The molecule has 4 heterocycles. The van der Waals surface area contributed by atoms with Crippen molar-refractivity contribution < 1.29 is 102 Å². The molecule has 21 nitrogen and oxygen atoms in total. The topological polar surface area (TPSA) is 276 Å². The van der Waals surface area contributed by atoms with E-state index in [1.165, 1.54) is 33.1 Å². The second-order valence-corrected chi connectivity index (χ2v) is 23.5. The van der Waals surface area contributed by atoms with Crippen LogP contribution in [-0.2, 0) is 66.4 Å². The molecule has 7 fully saturated rings. The van der Waals surface area contributed by atoms with Crippen LogP contribution in [0, 0.1) is 16.7 Å². The number of benzene rings is 1. The smallest absolute Gasteiger partial charge is 0.342 e. The van der Waals surface area contributed by atoms with Gasteiger partial charge in [-0.05, 0) is 104 Å². The van der Waals surface area contributed by atoms with Crippen LogP contribution in [-0.4, -0.2) is 204 Å². The highest BCUT2D eigenvalue weighted by molar-refractivity contribution is 5.93. The van der Waals surface area contributed by atoms with Gasteiger partial charge in [-0.3, -0.25) is 4.79 Å². The number of carbonyl (C=O) groups excluding carboxylic acids is 2. The molecule has 6 N–H and O–H groups in total. The van der Waals surface area contributed by atoms with Crippen LogP contribution in [0.2, 0.25) is 0 Å². The molecule has 77 heavy (non-hydrogen) atoms. The molecule has 25 atom stereocenters. The third kappa shape index (κ3) is 10.1. The summed E-state index contributed by atoms with van der Waals surface area (Å²) in [6.45, 7) is 12.2. The highest BCUT2D eigenvalue weighted by atomic mass is 16.8. The molecule has 0 spiro atoms. The molecule has 4 saturated heterocycles. The zero-order chi connectivity index (χ0) is 55.7. The second kappa shape index (κ2) is 22.5. The van der Waals surface area contributed by atoms with Gasteiger partial charge in [0.25, 0.3) is 0 Å². The van der Waals surface area contributed by atoms with Crippen LogP contribution in [0.15, 0.2) is 35.9 Å². The molecule has 0 radical (unpaired) electrons. The van der Waals surface area contributed by atoms with E-state index >= 15 is 0 Å². The van der Waals surface area contributed by atoms with Crippen LogP contribution in [0.25, 0.3) is 0 Å². The molecule has 434 valence electrons. The van der Waals surface area contributed by atoms with Crippen LogP contribution in [0.5, 0.6) is 5.75 Å². The fourth-order valence-corrected chi connectivity index (χ4v) is 15.0. The van der Waals surface area contributed by atoms with Crippen molar-refractivity contribution in [3.05, 3.63) is 41.5 Å². The maximum Gasteiger partial charge on any atom is 0.342 e. The lowest BCUT2D eigenvalue weighted by atomic mass is 9.42. The zero-order valence-corrected chi connectivity index (χ0v) is 46.3. The summed E-state index contributed by atoms with van der Waals surface area (Å²) >= 11 is 0. The number of methoxy groups -OCH3 is 4. The minimum absolute atomic E-state index is 0.0410. The SMILES string of the molecule is COC1CC(OC2CCC3(C)C(=CCC4(O)C3CC(OC(=O)c3ccccc3O)C3(C)C(O)(C(C)=O)CCC43O)C2)OC(C)C1OC1CC(OC)C(OC2CC(OC)C(OC3OC(C)C(O)C(OC)C3O)C(C)O2)C(C)O1. The van der Waals surface area contributed by atoms with E-state index in [2.05, 4.69) is 6.92 Å². The fourth-order valence-electron chi connectivity index (χ4n) is 15.0.